The predicted molar refractivity (Wildman–Crippen MR) is 63.0 cm³/mol. The van der Waals surface area contributed by atoms with Crippen LogP contribution in [0.25, 0.3) is 0 Å². The lowest BCUT2D eigenvalue weighted by Crippen LogP contribution is -2.27. The highest BCUT2D eigenvalue weighted by atomic mass is 35.5. The van der Waals surface area contributed by atoms with E-state index in [9.17, 15) is 0 Å². The minimum absolute atomic E-state index is 0.395. The molecule has 0 spiro atoms. The van der Waals surface area contributed by atoms with Crippen molar-refractivity contribution in [1.82, 2.24) is 5.32 Å². The van der Waals surface area contributed by atoms with Crippen LogP contribution in [0.5, 0.6) is 0 Å². The van der Waals surface area contributed by atoms with E-state index in [0.29, 0.717) is 12.1 Å². The molecule has 3 heteroatoms. The maximum Gasteiger partial charge on any atom is 0.0931 e. The standard InChI is InChI=1S/C11H14ClNS/c1-8(9-6-11(12)14-7-9)13-10-4-2-3-5-10/h2,4,6-8,10,13H,3,5H2,1H3. The van der Waals surface area contributed by atoms with Crippen molar-refractivity contribution in [3.8, 4) is 0 Å². The van der Waals surface area contributed by atoms with Gasteiger partial charge in [-0.1, -0.05) is 23.8 Å². The number of hydrogen-bond donors (Lipinski definition) is 1. The van der Waals surface area contributed by atoms with Crippen LogP contribution < -0.4 is 5.32 Å². The molecule has 0 bridgehead atoms. The zero-order chi connectivity index (χ0) is 9.97. The van der Waals surface area contributed by atoms with Crippen molar-refractivity contribution < 1.29 is 0 Å². The summed E-state index contributed by atoms with van der Waals surface area (Å²) < 4.78 is 0.871. The maximum absolute atomic E-state index is 5.90. The van der Waals surface area contributed by atoms with Gasteiger partial charge in [-0.15, -0.1) is 11.3 Å². The van der Waals surface area contributed by atoms with E-state index in [4.69, 9.17) is 11.6 Å². The molecule has 0 saturated carbocycles. The minimum Gasteiger partial charge on any atom is -0.304 e. The van der Waals surface area contributed by atoms with Crippen LogP contribution in [0.4, 0.5) is 0 Å². The molecule has 2 atom stereocenters. The Morgan fingerprint density at radius 2 is 2.50 bits per heavy atom. The highest BCUT2D eigenvalue weighted by Gasteiger charge is 2.14. The average molecular weight is 228 g/mol. The topological polar surface area (TPSA) is 12.0 Å². The lowest BCUT2D eigenvalue weighted by molar-refractivity contribution is 0.506. The normalized spacial score (nSPS) is 22.9. The quantitative estimate of drug-likeness (QED) is 0.776. The molecule has 0 saturated heterocycles. The van der Waals surface area contributed by atoms with E-state index in [0.717, 1.165) is 4.34 Å². The van der Waals surface area contributed by atoms with E-state index in [1.807, 2.05) is 6.07 Å². The molecule has 0 fully saturated rings. The van der Waals surface area contributed by atoms with E-state index in [1.54, 1.807) is 11.3 Å². The van der Waals surface area contributed by atoms with Gasteiger partial charge in [0.15, 0.2) is 0 Å². The first-order valence-corrected chi connectivity index (χ1v) is 6.18. The summed E-state index contributed by atoms with van der Waals surface area (Å²) in [7, 11) is 0. The van der Waals surface area contributed by atoms with Crippen molar-refractivity contribution in [2.24, 2.45) is 0 Å². The van der Waals surface area contributed by atoms with Crippen molar-refractivity contribution in [2.45, 2.75) is 31.8 Å². The third-order valence-corrected chi connectivity index (χ3v) is 3.67. The summed E-state index contributed by atoms with van der Waals surface area (Å²) in [5, 5.41) is 5.69. The highest BCUT2D eigenvalue weighted by molar-refractivity contribution is 7.14. The molecule has 1 aromatic heterocycles. The van der Waals surface area contributed by atoms with Gasteiger partial charge >= 0.3 is 0 Å². The fourth-order valence-electron chi connectivity index (χ4n) is 1.74. The molecule has 0 amide bonds. The molecule has 76 valence electrons. The second-order valence-electron chi connectivity index (χ2n) is 3.68. The lowest BCUT2D eigenvalue weighted by atomic mass is 10.1. The number of rotatable bonds is 3. The van der Waals surface area contributed by atoms with Gasteiger partial charge in [-0.2, -0.15) is 0 Å². The van der Waals surface area contributed by atoms with Crippen LogP contribution in [0.2, 0.25) is 4.34 Å². The van der Waals surface area contributed by atoms with Crippen LogP contribution in [0.3, 0.4) is 0 Å². The Morgan fingerprint density at radius 3 is 3.07 bits per heavy atom. The van der Waals surface area contributed by atoms with Gasteiger partial charge in [-0.3, -0.25) is 0 Å². The molecule has 1 N–H and O–H groups in total. The Bertz CT molecular complexity index is 332. The average Bonchev–Trinajstić information content (AvgIpc) is 2.75. The van der Waals surface area contributed by atoms with Crippen LogP contribution in [0, 0.1) is 0 Å². The summed E-state index contributed by atoms with van der Waals surface area (Å²) in [6.45, 7) is 2.19. The largest absolute Gasteiger partial charge is 0.304 e. The smallest absolute Gasteiger partial charge is 0.0931 e. The Hall–Kier alpha value is -0.310. The summed E-state index contributed by atoms with van der Waals surface area (Å²) in [5.74, 6) is 0. The second-order valence-corrected chi connectivity index (χ2v) is 5.23. The number of thiophene rings is 1. The Kier molecular flexibility index (Phi) is 3.26. The molecule has 1 heterocycles. The van der Waals surface area contributed by atoms with Gasteiger partial charge in [0, 0.05) is 12.1 Å². The maximum atomic E-state index is 5.90. The highest BCUT2D eigenvalue weighted by Crippen LogP contribution is 2.25. The van der Waals surface area contributed by atoms with Gasteiger partial charge in [0.1, 0.15) is 0 Å². The third-order valence-electron chi connectivity index (χ3n) is 2.56. The number of halogens is 1. The van der Waals surface area contributed by atoms with E-state index in [2.05, 4.69) is 29.8 Å². The Balaban J connectivity index is 1.94. The fraction of sp³-hybridized carbons (Fsp3) is 0.455. The lowest BCUT2D eigenvalue weighted by Gasteiger charge is -2.17. The van der Waals surface area contributed by atoms with Crippen LogP contribution in [0.1, 0.15) is 31.4 Å². The molecule has 0 aromatic carbocycles. The van der Waals surface area contributed by atoms with Crippen molar-refractivity contribution in [3.05, 3.63) is 33.5 Å². The SMILES string of the molecule is CC(NC1C=CCC1)c1csc(Cl)c1. The van der Waals surface area contributed by atoms with Gasteiger partial charge in [0.2, 0.25) is 0 Å². The monoisotopic (exact) mass is 227 g/mol. The van der Waals surface area contributed by atoms with Crippen LogP contribution in [0.15, 0.2) is 23.6 Å². The zero-order valence-corrected chi connectivity index (χ0v) is 9.74. The summed E-state index contributed by atoms with van der Waals surface area (Å²) >= 11 is 7.50. The summed E-state index contributed by atoms with van der Waals surface area (Å²) in [6.07, 6.45) is 6.92. The molecule has 2 rings (SSSR count). The molecule has 1 aliphatic rings. The Labute approximate surface area is 93.8 Å². The summed E-state index contributed by atoms with van der Waals surface area (Å²) in [4.78, 5) is 0. The molecular formula is C11H14ClNS. The number of nitrogens with one attached hydrogen (secondary N) is 1. The van der Waals surface area contributed by atoms with Crippen molar-refractivity contribution in [1.29, 1.82) is 0 Å². The van der Waals surface area contributed by atoms with Crippen LogP contribution in [-0.4, -0.2) is 6.04 Å². The molecule has 1 aromatic rings. The first-order chi connectivity index (χ1) is 6.75. The van der Waals surface area contributed by atoms with Crippen molar-refractivity contribution >= 4 is 22.9 Å². The zero-order valence-electron chi connectivity index (χ0n) is 8.16. The van der Waals surface area contributed by atoms with Gasteiger partial charge in [0.05, 0.1) is 4.34 Å². The molecule has 1 nitrogen and oxygen atoms in total. The van der Waals surface area contributed by atoms with E-state index in [1.165, 1.54) is 18.4 Å². The van der Waals surface area contributed by atoms with E-state index >= 15 is 0 Å². The summed E-state index contributed by atoms with van der Waals surface area (Å²) in [5.41, 5.74) is 1.29. The molecule has 0 radical (unpaired) electrons. The van der Waals surface area contributed by atoms with Crippen molar-refractivity contribution in [2.75, 3.05) is 0 Å². The molecular weight excluding hydrogens is 214 g/mol. The molecule has 1 aliphatic carbocycles. The van der Waals surface area contributed by atoms with Gasteiger partial charge in [-0.05, 0) is 36.8 Å². The predicted octanol–water partition coefficient (Wildman–Crippen LogP) is 3.77. The first kappa shape index (κ1) is 10.2. The van der Waals surface area contributed by atoms with Crippen molar-refractivity contribution in [3.63, 3.8) is 0 Å². The first-order valence-electron chi connectivity index (χ1n) is 4.92. The number of hydrogen-bond acceptors (Lipinski definition) is 2. The third kappa shape index (κ3) is 2.38. The van der Waals surface area contributed by atoms with Gasteiger partial charge in [0.25, 0.3) is 0 Å². The molecule has 2 unspecified atom stereocenters. The van der Waals surface area contributed by atoms with E-state index < -0.39 is 0 Å². The number of allylic oxidation sites excluding steroid dienone is 1. The van der Waals surface area contributed by atoms with Crippen LogP contribution >= 0.6 is 22.9 Å². The molecule has 14 heavy (non-hydrogen) atoms. The van der Waals surface area contributed by atoms with Gasteiger partial charge in [-0.25, -0.2) is 0 Å². The van der Waals surface area contributed by atoms with Gasteiger partial charge < -0.3 is 5.32 Å². The molecule has 0 aliphatic heterocycles. The van der Waals surface area contributed by atoms with Crippen LogP contribution in [-0.2, 0) is 0 Å². The fourth-order valence-corrected chi connectivity index (χ4v) is 2.72. The summed E-state index contributed by atoms with van der Waals surface area (Å²) in [6, 6.07) is 2.98. The van der Waals surface area contributed by atoms with E-state index in [-0.39, 0.29) is 0 Å². The second kappa shape index (κ2) is 4.47. The Morgan fingerprint density at radius 1 is 1.64 bits per heavy atom. The minimum atomic E-state index is 0.395.